The highest BCUT2D eigenvalue weighted by molar-refractivity contribution is 7.98. The first-order chi connectivity index (χ1) is 23.0. The summed E-state index contributed by atoms with van der Waals surface area (Å²) < 4.78 is 56.3. The number of aromatic nitrogens is 5. The highest BCUT2D eigenvalue weighted by Crippen LogP contribution is 2.32. The summed E-state index contributed by atoms with van der Waals surface area (Å²) in [6, 6.07) is 18.3. The Hall–Kier alpha value is -5.04. The minimum Gasteiger partial charge on any atom is -0.481 e. The Morgan fingerprint density at radius 2 is 1.52 bits per heavy atom. The fraction of sp³-hybridized carbons (Fsp3) is 0.229. The van der Waals surface area contributed by atoms with Gasteiger partial charge in [-0.1, -0.05) is 66.9 Å². The Labute approximate surface area is 276 Å². The molecule has 13 heteroatoms. The van der Waals surface area contributed by atoms with Crippen LogP contribution in [0, 0.1) is 5.82 Å². The highest BCUT2D eigenvalue weighted by atomic mass is 32.2. The van der Waals surface area contributed by atoms with Crippen molar-refractivity contribution in [3.63, 3.8) is 0 Å². The Kier molecular flexibility index (Phi) is 9.31. The number of carboxylic acid groups (broad SMARTS) is 1. The largest absolute Gasteiger partial charge is 0.481 e. The predicted octanol–water partition coefficient (Wildman–Crippen LogP) is 7.03. The van der Waals surface area contributed by atoms with Gasteiger partial charge in [0.25, 0.3) is 5.56 Å². The van der Waals surface area contributed by atoms with Crippen LogP contribution in [0.5, 0.6) is 0 Å². The summed E-state index contributed by atoms with van der Waals surface area (Å²) in [6.45, 7) is 4.39. The van der Waals surface area contributed by atoms with Gasteiger partial charge in [-0.05, 0) is 65.8 Å². The zero-order valence-corrected chi connectivity index (χ0v) is 26.3. The third-order valence-electron chi connectivity index (χ3n) is 8.13. The molecular weight excluding hydrogens is 646 g/mol. The molecule has 0 fully saturated rings. The Bertz CT molecular complexity index is 2040. The summed E-state index contributed by atoms with van der Waals surface area (Å²) in [5, 5.41) is 18.7. The van der Waals surface area contributed by atoms with E-state index in [1.165, 1.54) is 36.0 Å². The molecule has 0 saturated carbocycles. The van der Waals surface area contributed by atoms with Gasteiger partial charge in [-0.15, -0.1) is 10.2 Å². The maximum Gasteiger partial charge on any atom is 0.416 e. The summed E-state index contributed by atoms with van der Waals surface area (Å²) in [5.74, 6) is -0.176. The van der Waals surface area contributed by atoms with Gasteiger partial charge in [0.15, 0.2) is 16.8 Å². The summed E-state index contributed by atoms with van der Waals surface area (Å²) >= 11 is 1.35. The summed E-state index contributed by atoms with van der Waals surface area (Å²) in [4.78, 5) is 28.9. The smallest absolute Gasteiger partial charge is 0.416 e. The molecule has 0 atom stereocenters. The molecule has 0 unspecified atom stereocenters. The van der Waals surface area contributed by atoms with Crippen molar-refractivity contribution in [2.75, 3.05) is 0 Å². The lowest BCUT2D eigenvalue weighted by Crippen LogP contribution is -2.23. The lowest BCUT2D eigenvalue weighted by atomic mass is 10.0. The van der Waals surface area contributed by atoms with Crippen LogP contribution in [0.4, 0.5) is 17.6 Å². The molecule has 1 aliphatic carbocycles. The SMILES string of the molecule is C=C(CC(=O)O)c1nnc(Cn2c(SCc3ccc(F)cc3)nc(=O)c3c2CCC3)n1Cc1ccc(-c2ccc(C(F)(F)F)cc2)cc1. The molecule has 0 radical (unpaired) electrons. The first-order valence-electron chi connectivity index (χ1n) is 15.0. The van der Waals surface area contributed by atoms with E-state index in [-0.39, 0.29) is 36.5 Å². The number of rotatable bonds is 11. The standard InChI is InChI=1S/C35H29F4N5O3S/c1-21(17-31(45)46)32-42-41-30(44(32)18-22-5-9-24(10-6-22)25-11-13-26(14-12-25)35(37,38)39)19-43-29-4-2-3-28(29)33(47)40-34(43)48-20-23-7-15-27(36)16-8-23/h5-16H,1-4,17-20H2,(H,45,46). The molecular formula is C35H29F4N5O3S. The molecule has 0 saturated heterocycles. The zero-order valence-electron chi connectivity index (χ0n) is 25.5. The van der Waals surface area contributed by atoms with Gasteiger partial charge >= 0.3 is 12.1 Å². The number of thioether (sulfide) groups is 1. The number of carboxylic acids is 1. The van der Waals surface area contributed by atoms with Crippen LogP contribution >= 0.6 is 11.8 Å². The van der Waals surface area contributed by atoms with E-state index in [2.05, 4.69) is 21.8 Å². The third-order valence-corrected chi connectivity index (χ3v) is 9.18. The van der Waals surface area contributed by atoms with Gasteiger partial charge in [-0.3, -0.25) is 9.59 Å². The Balaban J connectivity index is 1.32. The molecule has 0 aliphatic heterocycles. The van der Waals surface area contributed by atoms with Gasteiger partial charge in [0.2, 0.25) is 0 Å². The van der Waals surface area contributed by atoms with Crippen molar-refractivity contribution in [3.05, 3.63) is 135 Å². The van der Waals surface area contributed by atoms with E-state index in [1.54, 1.807) is 28.8 Å². The van der Waals surface area contributed by atoms with Crippen LogP contribution < -0.4 is 5.56 Å². The number of nitrogens with zero attached hydrogens (tertiary/aromatic N) is 5. The number of halogens is 4. The van der Waals surface area contributed by atoms with Crippen LogP contribution in [0.2, 0.25) is 0 Å². The molecule has 2 heterocycles. The van der Waals surface area contributed by atoms with Gasteiger partial charge in [0.05, 0.1) is 25.1 Å². The van der Waals surface area contributed by atoms with Crippen LogP contribution in [0.15, 0.2) is 89.3 Å². The lowest BCUT2D eigenvalue weighted by molar-refractivity contribution is -0.138. The number of hydrogen-bond donors (Lipinski definition) is 1. The van der Waals surface area contributed by atoms with Crippen molar-refractivity contribution in [1.82, 2.24) is 24.3 Å². The van der Waals surface area contributed by atoms with E-state index in [0.29, 0.717) is 46.5 Å². The van der Waals surface area contributed by atoms with Gasteiger partial charge in [-0.25, -0.2) is 4.39 Å². The van der Waals surface area contributed by atoms with Gasteiger partial charge in [-0.2, -0.15) is 18.2 Å². The molecule has 48 heavy (non-hydrogen) atoms. The molecule has 6 rings (SSSR count). The number of hydrogen-bond acceptors (Lipinski definition) is 6. The van der Waals surface area contributed by atoms with Gasteiger partial charge in [0, 0.05) is 22.6 Å². The molecule has 3 aromatic carbocycles. The maximum atomic E-state index is 13.5. The first kappa shape index (κ1) is 32.9. The maximum absolute atomic E-state index is 13.5. The van der Waals surface area contributed by atoms with Crippen molar-refractivity contribution in [3.8, 4) is 11.1 Å². The van der Waals surface area contributed by atoms with E-state index in [1.807, 2.05) is 16.7 Å². The third kappa shape index (κ3) is 7.25. The van der Waals surface area contributed by atoms with Crippen LogP contribution in [-0.4, -0.2) is 35.4 Å². The molecule has 5 aromatic rings. The zero-order chi connectivity index (χ0) is 34.0. The van der Waals surface area contributed by atoms with E-state index < -0.39 is 17.7 Å². The molecule has 1 aliphatic rings. The number of benzene rings is 3. The van der Waals surface area contributed by atoms with E-state index in [4.69, 9.17) is 0 Å². The van der Waals surface area contributed by atoms with Crippen LogP contribution in [0.1, 0.15) is 52.4 Å². The lowest BCUT2D eigenvalue weighted by Gasteiger charge is -2.18. The van der Waals surface area contributed by atoms with E-state index in [9.17, 15) is 32.3 Å². The second kappa shape index (κ2) is 13.6. The Morgan fingerprint density at radius 1 is 0.875 bits per heavy atom. The summed E-state index contributed by atoms with van der Waals surface area (Å²) in [5.41, 5.74) is 3.80. The predicted molar refractivity (Wildman–Crippen MR) is 173 cm³/mol. The topological polar surface area (TPSA) is 103 Å². The van der Waals surface area contributed by atoms with Crippen molar-refractivity contribution in [2.24, 2.45) is 0 Å². The number of fused-ring (bicyclic) bond motifs is 1. The molecule has 0 bridgehead atoms. The first-order valence-corrected chi connectivity index (χ1v) is 16.0. The molecule has 246 valence electrons. The quantitative estimate of drug-likeness (QED) is 0.0912. The molecule has 1 N–H and O–H groups in total. The second-order valence-corrected chi connectivity index (χ2v) is 12.4. The molecule has 2 aromatic heterocycles. The minimum atomic E-state index is -4.42. The van der Waals surface area contributed by atoms with Gasteiger partial charge in [0.1, 0.15) is 5.82 Å². The Morgan fingerprint density at radius 3 is 2.17 bits per heavy atom. The fourth-order valence-electron chi connectivity index (χ4n) is 5.71. The average Bonchev–Trinajstić information content (AvgIpc) is 3.70. The number of carbonyl (C=O) groups is 1. The monoisotopic (exact) mass is 675 g/mol. The van der Waals surface area contributed by atoms with Crippen molar-refractivity contribution < 1.29 is 27.5 Å². The second-order valence-electron chi connectivity index (χ2n) is 11.5. The van der Waals surface area contributed by atoms with Crippen molar-refractivity contribution in [1.29, 1.82) is 0 Å². The minimum absolute atomic E-state index is 0.193. The molecule has 0 spiro atoms. The normalized spacial score (nSPS) is 12.7. The summed E-state index contributed by atoms with van der Waals surface area (Å²) in [7, 11) is 0. The molecule has 8 nitrogen and oxygen atoms in total. The van der Waals surface area contributed by atoms with Crippen LogP contribution in [0.25, 0.3) is 16.7 Å². The summed E-state index contributed by atoms with van der Waals surface area (Å²) in [6.07, 6.45) is -2.68. The van der Waals surface area contributed by atoms with Gasteiger partial charge < -0.3 is 14.2 Å². The average molecular weight is 676 g/mol. The van der Waals surface area contributed by atoms with E-state index >= 15 is 0 Å². The fourth-order valence-corrected chi connectivity index (χ4v) is 6.67. The van der Waals surface area contributed by atoms with E-state index in [0.717, 1.165) is 40.9 Å². The number of alkyl halides is 3. The highest BCUT2D eigenvalue weighted by Gasteiger charge is 2.30. The molecule has 0 amide bonds. The van der Waals surface area contributed by atoms with Crippen LogP contribution in [0.3, 0.4) is 0 Å². The van der Waals surface area contributed by atoms with Crippen molar-refractivity contribution >= 4 is 23.3 Å². The van der Waals surface area contributed by atoms with Crippen LogP contribution in [-0.2, 0) is 42.7 Å². The van der Waals surface area contributed by atoms with Crippen molar-refractivity contribution in [2.45, 2.75) is 55.9 Å². The number of aliphatic carboxylic acids is 1.